The largest absolute Gasteiger partial charge is 0.339 e. The smallest absolute Gasteiger partial charge is 0.222 e. The van der Waals surface area contributed by atoms with E-state index in [9.17, 15) is 4.79 Å². The van der Waals surface area contributed by atoms with Crippen LogP contribution in [0.15, 0.2) is 0 Å². The van der Waals surface area contributed by atoms with Crippen molar-refractivity contribution in [3.8, 4) is 0 Å². The molecule has 3 heteroatoms. The van der Waals surface area contributed by atoms with Gasteiger partial charge in [-0.3, -0.25) is 4.79 Å². The van der Waals surface area contributed by atoms with Crippen LogP contribution in [0.25, 0.3) is 0 Å². The van der Waals surface area contributed by atoms with Crippen molar-refractivity contribution >= 4 is 21.8 Å². The molecule has 0 aliphatic rings. The van der Waals surface area contributed by atoms with Gasteiger partial charge < -0.3 is 4.90 Å². The molecule has 1 amide bonds. The van der Waals surface area contributed by atoms with Gasteiger partial charge in [0.25, 0.3) is 0 Å². The Labute approximate surface area is 128 Å². The Balaban J connectivity index is 3.97. The van der Waals surface area contributed by atoms with Crippen molar-refractivity contribution < 1.29 is 4.79 Å². The molecule has 0 aromatic rings. The summed E-state index contributed by atoms with van der Waals surface area (Å²) >= 11 is 3.46. The molecule has 0 unspecified atom stereocenters. The fourth-order valence-corrected chi connectivity index (χ4v) is 2.91. The van der Waals surface area contributed by atoms with Gasteiger partial charge in [0.1, 0.15) is 0 Å². The van der Waals surface area contributed by atoms with Crippen LogP contribution in [0.4, 0.5) is 0 Å². The molecule has 0 saturated heterocycles. The van der Waals surface area contributed by atoms with Crippen molar-refractivity contribution in [1.82, 2.24) is 4.90 Å². The molecule has 114 valence electrons. The number of carbonyl (C=O) groups is 1. The Hall–Kier alpha value is -0.0500. The van der Waals surface area contributed by atoms with Gasteiger partial charge in [-0.05, 0) is 19.3 Å². The van der Waals surface area contributed by atoms with E-state index in [-0.39, 0.29) is 0 Å². The molecule has 0 spiro atoms. The number of alkyl halides is 1. The van der Waals surface area contributed by atoms with Crippen LogP contribution >= 0.6 is 15.9 Å². The molecule has 0 rings (SSSR count). The molecule has 0 aromatic carbocycles. The Kier molecular flexibility index (Phi) is 12.9. The highest BCUT2D eigenvalue weighted by atomic mass is 79.9. The summed E-state index contributed by atoms with van der Waals surface area (Å²) in [5.74, 6) is 0.351. The monoisotopic (exact) mass is 333 g/mol. The number of carbonyl (C=O) groups excluding carboxylic acids is 1. The van der Waals surface area contributed by atoms with E-state index in [1.165, 1.54) is 32.1 Å². The summed E-state index contributed by atoms with van der Waals surface area (Å²) in [5, 5.41) is 0.881. The van der Waals surface area contributed by atoms with E-state index < -0.39 is 0 Å². The summed E-state index contributed by atoms with van der Waals surface area (Å²) in [6.07, 6.45) is 10.3. The van der Waals surface area contributed by atoms with Gasteiger partial charge in [-0.15, -0.1) is 0 Å². The minimum atomic E-state index is 0.351. The fraction of sp³-hybridized carbons (Fsp3) is 0.938. The summed E-state index contributed by atoms with van der Waals surface area (Å²) in [6.45, 7) is 7.43. The molecule has 0 atom stereocenters. The van der Waals surface area contributed by atoms with Gasteiger partial charge in [-0.1, -0.05) is 68.8 Å². The average Bonchev–Trinajstić information content (AvgIpc) is 2.42. The van der Waals surface area contributed by atoms with Crippen molar-refractivity contribution in [2.45, 2.75) is 84.6 Å². The van der Waals surface area contributed by atoms with E-state index in [1.807, 2.05) is 0 Å². The van der Waals surface area contributed by atoms with Gasteiger partial charge in [0.2, 0.25) is 5.91 Å². The molecule has 0 aliphatic carbocycles. The van der Waals surface area contributed by atoms with Crippen LogP contribution in [0, 0.1) is 0 Å². The van der Waals surface area contributed by atoms with Crippen molar-refractivity contribution in [3.05, 3.63) is 0 Å². The lowest BCUT2D eigenvalue weighted by atomic mass is 10.1. The Morgan fingerprint density at radius 1 is 1.00 bits per heavy atom. The number of halogens is 1. The number of amides is 1. The molecule has 0 radical (unpaired) electrons. The molecule has 0 aliphatic heterocycles. The fourth-order valence-electron chi connectivity index (χ4n) is 2.53. The molecule has 0 bridgehead atoms. The van der Waals surface area contributed by atoms with Crippen LogP contribution in [0.2, 0.25) is 0 Å². The predicted molar refractivity (Wildman–Crippen MR) is 87.9 cm³/mol. The highest BCUT2D eigenvalue weighted by Crippen LogP contribution is 2.14. The van der Waals surface area contributed by atoms with Crippen molar-refractivity contribution in [2.75, 3.05) is 11.9 Å². The Morgan fingerprint density at radius 2 is 1.58 bits per heavy atom. The molecule has 19 heavy (non-hydrogen) atoms. The highest BCUT2D eigenvalue weighted by Gasteiger charge is 2.19. The Bertz CT molecular complexity index is 217. The van der Waals surface area contributed by atoms with E-state index in [0.717, 1.165) is 37.6 Å². The van der Waals surface area contributed by atoms with Gasteiger partial charge in [-0.25, -0.2) is 0 Å². The van der Waals surface area contributed by atoms with Crippen LogP contribution in [0.5, 0.6) is 0 Å². The molecule has 0 aromatic heterocycles. The molecular weight excluding hydrogens is 302 g/mol. The van der Waals surface area contributed by atoms with Crippen molar-refractivity contribution in [3.63, 3.8) is 0 Å². The molecule has 0 heterocycles. The standard InChI is InChI=1S/C16H32BrNO/c1-4-7-8-9-10-11-12-16(19)18(14-13-17)15(5-2)6-3/h15H,4-14H2,1-3H3. The van der Waals surface area contributed by atoms with E-state index in [0.29, 0.717) is 11.9 Å². The maximum absolute atomic E-state index is 12.3. The third-order valence-corrected chi connectivity index (χ3v) is 4.13. The lowest BCUT2D eigenvalue weighted by Crippen LogP contribution is -2.40. The first-order valence-electron chi connectivity index (χ1n) is 8.06. The summed E-state index contributed by atoms with van der Waals surface area (Å²) in [4.78, 5) is 14.4. The zero-order chi connectivity index (χ0) is 14.5. The number of hydrogen-bond acceptors (Lipinski definition) is 1. The van der Waals surface area contributed by atoms with Gasteiger partial charge >= 0.3 is 0 Å². The van der Waals surface area contributed by atoms with Gasteiger partial charge in [-0.2, -0.15) is 0 Å². The molecule has 0 N–H and O–H groups in total. The maximum atomic E-state index is 12.3. The van der Waals surface area contributed by atoms with Crippen LogP contribution in [-0.2, 0) is 4.79 Å². The topological polar surface area (TPSA) is 20.3 Å². The summed E-state index contributed by atoms with van der Waals surface area (Å²) < 4.78 is 0. The van der Waals surface area contributed by atoms with Crippen LogP contribution in [-0.4, -0.2) is 28.7 Å². The normalized spacial score (nSPS) is 11.0. The number of nitrogens with zero attached hydrogens (tertiary/aromatic N) is 1. The second-order valence-electron chi connectivity index (χ2n) is 5.26. The second-order valence-corrected chi connectivity index (χ2v) is 6.06. The quantitative estimate of drug-likeness (QED) is 0.357. The minimum absolute atomic E-state index is 0.351. The van der Waals surface area contributed by atoms with Gasteiger partial charge in [0, 0.05) is 24.3 Å². The zero-order valence-electron chi connectivity index (χ0n) is 13.1. The third kappa shape index (κ3) is 8.67. The predicted octanol–water partition coefficient (Wildman–Crippen LogP) is 5.15. The first-order chi connectivity index (χ1) is 9.21. The van der Waals surface area contributed by atoms with Crippen molar-refractivity contribution in [1.29, 1.82) is 0 Å². The lowest BCUT2D eigenvalue weighted by molar-refractivity contribution is -0.133. The lowest BCUT2D eigenvalue weighted by Gasteiger charge is -2.30. The van der Waals surface area contributed by atoms with Gasteiger partial charge in [0.15, 0.2) is 0 Å². The summed E-state index contributed by atoms with van der Waals surface area (Å²) in [7, 11) is 0. The minimum Gasteiger partial charge on any atom is -0.339 e. The summed E-state index contributed by atoms with van der Waals surface area (Å²) in [6, 6.07) is 0.421. The van der Waals surface area contributed by atoms with E-state index in [4.69, 9.17) is 0 Å². The maximum Gasteiger partial charge on any atom is 0.222 e. The van der Waals surface area contributed by atoms with E-state index in [2.05, 4.69) is 41.6 Å². The molecule has 0 fully saturated rings. The molecule has 2 nitrogen and oxygen atoms in total. The van der Waals surface area contributed by atoms with Gasteiger partial charge in [0.05, 0.1) is 0 Å². The number of rotatable bonds is 12. The van der Waals surface area contributed by atoms with Crippen LogP contribution in [0.1, 0.15) is 78.6 Å². The van der Waals surface area contributed by atoms with E-state index >= 15 is 0 Å². The Morgan fingerprint density at radius 3 is 2.11 bits per heavy atom. The number of unbranched alkanes of at least 4 members (excludes halogenated alkanes) is 5. The van der Waals surface area contributed by atoms with Crippen molar-refractivity contribution in [2.24, 2.45) is 0 Å². The number of hydrogen-bond donors (Lipinski definition) is 0. The zero-order valence-corrected chi connectivity index (χ0v) is 14.7. The van der Waals surface area contributed by atoms with Crippen LogP contribution < -0.4 is 0 Å². The van der Waals surface area contributed by atoms with Crippen LogP contribution in [0.3, 0.4) is 0 Å². The second kappa shape index (κ2) is 13.0. The first-order valence-corrected chi connectivity index (χ1v) is 9.18. The highest BCUT2D eigenvalue weighted by molar-refractivity contribution is 9.09. The molecular formula is C16H32BrNO. The summed E-state index contributed by atoms with van der Waals surface area (Å²) in [5.41, 5.74) is 0. The first kappa shape index (κ1) is 18.9. The van der Waals surface area contributed by atoms with E-state index in [1.54, 1.807) is 0 Å². The SMILES string of the molecule is CCCCCCCCC(=O)N(CCBr)C(CC)CC. The molecule has 0 saturated carbocycles. The third-order valence-electron chi connectivity index (χ3n) is 3.77. The average molecular weight is 334 g/mol.